The summed E-state index contributed by atoms with van der Waals surface area (Å²) in [6.45, 7) is 0. The Hall–Kier alpha value is -1.74. The molecule has 0 amide bonds. The first-order valence-electron chi connectivity index (χ1n) is 6.42. The molecule has 0 radical (unpaired) electrons. The number of benzene rings is 2. The lowest BCUT2D eigenvalue weighted by Crippen LogP contribution is -2.19. The molecule has 0 aliphatic carbocycles. The Morgan fingerprint density at radius 3 is 2.45 bits per heavy atom. The summed E-state index contributed by atoms with van der Waals surface area (Å²) in [5, 5.41) is 0. The number of fused-ring (bicyclic) bond motifs is 1. The molecule has 0 saturated heterocycles. The average Bonchev–Trinajstić information content (AvgIpc) is 2.48. The van der Waals surface area contributed by atoms with Gasteiger partial charge in [-0.25, -0.2) is 13.4 Å². The Balaban J connectivity index is 2.03. The van der Waals surface area contributed by atoms with Gasteiger partial charge in [0.2, 0.25) is 0 Å². The van der Waals surface area contributed by atoms with Crippen LogP contribution in [0.2, 0.25) is 0 Å². The number of nitrogens with zero attached hydrogens (tertiary/aromatic N) is 1. The molecule has 22 heavy (non-hydrogen) atoms. The molecule has 0 saturated carbocycles. The van der Waals surface area contributed by atoms with Crippen molar-refractivity contribution >= 4 is 43.5 Å². The number of nitrogens with one attached hydrogen (secondary N) is 1. The molecule has 0 unspecified atom stereocenters. The lowest BCUT2D eigenvalue weighted by molar-refractivity contribution is 0.594. The number of rotatable bonds is 3. The van der Waals surface area contributed by atoms with Crippen molar-refractivity contribution in [2.75, 3.05) is 0 Å². The Bertz CT molecular complexity index is 995. The van der Waals surface area contributed by atoms with Gasteiger partial charge in [0, 0.05) is 3.57 Å². The molecule has 0 fully saturated rings. The van der Waals surface area contributed by atoms with Gasteiger partial charge in [-0.3, -0.25) is 4.79 Å². The van der Waals surface area contributed by atoms with Gasteiger partial charge in [0.1, 0.15) is 11.4 Å². The van der Waals surface area contributed by atoms with Crippen LogP contribution in [0.4, 0.5) is 0 Å². The van der Waals surface area contributed by atoms with Gasteiger partial charge in [-0.05, 0) is 59.0 Å². The van der Waals surface area contributed by atoms with Gasteiger partial charge in [-0.1, -0.05) is 12.1 Å². The summed E-state index contributed by atoms with van der Waals surface area (Å²) in [6.07, 6.45) is 0. The van der Waals surface area contributed by atoms with Crippen LogP contribution in [0.3, 0.4) is 0 Å². The van der Waals surface area contributed by atoms with E-state index in [1.165, 1.54) is 12.1 Å². The largest absolute Gasteiger partial charge is 0.319 e. The number of hydrogen-bond donors (Lipinski definition) is 1. The Kier molecular flexibility index (Phi) is 4.00. The number of hydrogen-bond acceptors (Lipinski definition) is 4. The molecule has 112 valence electrons. The predicted octanol–water partition coefficient (Wildman–Crippen LogP) is 2.50. The molecular formula is C15H11IN2O3S. The van der Waals surface area contributed by atoms with Crippen LogP contribution < -0.4 is 5.56 Å². The van der Waals surface area contributed by atoms with E-state index in [0.717, 1.165) is 3.57 Å². The number of H-pyrrole nitrogens is 1. The minimum atomic E-state index is -3.61. The van der Waals surface area contributed by atoms with Crippen LogP contribution in [0.25, 0.3) is 11.0 Å². The second-order valence-corrected chi connectivity index (χ2v) is 7.98. The maximum absolute atomic E-state index is 12.4. The molecule has 3 aromatic rings. The lowest BCUT2D eigenvalue weighted by Gasteiger charge is -2.05. The highest BCUT2D eigenvalue weighted by atomic mass is 127. The van der Waals surface area contributed by atoms with Gasteiger partial charge in [0.15, 0.2) is 9.84 Å². The lowest BCUT2D eigenvalue weighted by atomic mass is 10.3. The van der Waals surface area contributed by atoms with E-state index in [-0.39, 0.29) is 10.6 Å². The van der Waals surface area contributed by atoms with E-state index >= 15 is 0 Å². The number of para-hydroxylation sites is 2. The third-order valence-corrected chi connectivity index (χ3v) is 5.53. The van der Waals surface area contributed by atoms with Crippen molar-refractivity contribution in [2.45, 2.75) is 10.6 Å². The highest BCUT2D eigenvalue weighted by Gasteiger charge is 2.18. The molecule has 2 aromatic carbocycles. The molecule has 7 heteroatoms. The van der Waals surface area contributed by atoms with Crippen LogP contribution in [-0.4, -0.2) is 18.4 Å². The summed E-state index contributed by atoms with van der Waals surface area (Å²) in [7, 11) is -3.61. The number of sulfone groups is 1. The van der Waals surface area contributed by atoms with Crippen molar-refractivity contribution in [3.8, 4) is 0 Å². The summed E-state index contributed by atoms with van der Waals surface area (Å²) in [4.78, 5) is 19.0. The summed E-state index contributed by atoms with van der Waals surface area (Å²) < 4.78 is 25.8. The molecule has 0 aliphatic rings. The minimum Gasteiger partial charge on any atom is -0.319 e. The first kappa shape index (κ1) is 15.2. The van der Waals surface area contributed by atoms with Crippen molar-refractivity contribution in [3.05, 3.63) is 68.1 Å². The summed E-state index contributed by atoms with van der Waals surface area (Å²) in [5.74, 6) is -0.423. The average molecular weight is 426 g/mol. The van der Waals surface area contributed by atoms with E-state index in [4.69, 9.17) is 0 Å². The fourth-order valence-corrected chi connectivity index (χ4v) is 3.70. The van der Waals surface area contributed by atoms with E-state index in [2.05, 4.69) is 32.6 Å². The van der Waals surface area contributed by atoms with Crippen molar-refractivity contribution < 1.29 is 8.42 Å². The van der Waals surface area contributed by atoms with Crippen LogP contribution >= 0.6 is 22.6 Å². The maximum Gasteiger partial charge on any atom is 0.271 e. The fraction of sp³-hybridized carbons (Fsp3) is 0.0667. The predicted molar refractivity (Wildman–Crippen MR) is 92.4 cm³/mol. The van der Waals surface area contributed by atoms with Crippen LogP contribution in [0, 0.1) is 3.57 Å². The molecule has 0 aliphatic heterocycles. The summed E-state index contributed by atoms with van der Waals surface area (Å²) in [6, 6.07) is 13.5. The SMILES string of the molecule is O=c1[nH]c2ccccc2nc1CS(=O)(=O)c1ccc(I)cc1. The third-order valence-electron chi connectivity index (χ3n) is 3.17. The standard InChI is InChI=1S/C15H11IN2O3S/c16-10-5-7-11(8-6-10)22(20,21)9-14-15(19)18-13-4-2-1-3-12(13)17-14/h1-8H,9H2,(H,18,19). The first-order chi connectivity index (χ1) is 10.5. The molecule has 0 atom stereocenters. The molecule has 1 heterocycles. The van der Waals surface area contributed by atoms with Crippen molar-refractivity contribution in [1.82, 2.24) is 9.97 Å². The number of aromatic nitrogens is 2. The Morgan fingerprint density at radius 2 is 1.73 bits per heavy atom. The highest BCUT2D eigenvalue weighted by Crippen LogP contribution is 2.16. The first-order valence-corrected chi connectivity index (χ1v) is 9.15. The van der Waals surface area contributed by atoms with E-state index in [0.29, 0.717) is 11.0 Å². The molecule has 0 spiro atoms. The molecular weight excluding hydrogens is 415 g/mol. The highest BCUT2D eigenvalue weighted by molar-refractivity contribution is 14.1. The van der Waals surface area contributed by atoms with Gasteiger partial charge in [-0.15, -0.1) is 0 Å². The Labute approximate surface area is 140 Å². The molecule has 3 rings (SSSR count). The number of halogens is 1. The van der Waals surface area contributed by atoms with Gasteiger partial charge in [0.25, 0.3) is 5.56 Å². The van der Waals surface area contributed by atoms with Gasteiger partial charge >= 0.3 is 0 Å². The smallest absolute Gasteiger partial charge is 0.271 e. The van der Waals surface area contributed by atoms with Gasteiger partial charge < -0.3 is 4.98 Å². The molecule has 1 aromatic heterocycles. The summed E-state index contributed by atoms with van der Waals surface area (Å²) >= 11 is 2.10. The monoisotopic (exact) mass is 426 g/mol. The van der Waals surface area contributed by atoms with Crippen molar-refractivity contribution in [3.63, 3.8) is 0 Å². The van der Waals surface area contributed by atoms with Crippen LogP contribution in [0.1, 0.15) is 5.69 Å². The Morgan fingerprint density at radius 1 is 1.05 bits per heavy atom. The van der Waals surface area contributed by atoms with Crippen LogP contribution in [0.5, 0.6) is 0 Å². The second kappa shape index (κ2) is 5.81. The number of aromatic amines is 1. The zero-order valence-electron chi connectivity index (χ0n) is 11.3. The zero-order chi connectivity index (χ0) is 15.7. The minimum absolute atomic E-state index is 0.00255. The normalized spacial score (nSPS) is 11.7. The van der Waals surface area contributed by atoms with E-state index in [1.54, 1.807) is 36.4 Å². The third kappa shape index (κ3) is 3.05. The molecule has 5 nitrogen and oxygen atoms in total. The van der Waals surface area contributed by atoms with Crippen LogP contribution in [0.15, 0.2) is 58.2 Å². The van der Waals surface area contributed by atoms with Gasteiger partial charge in [-0.2, -0.15) is 0 Å². The van der Waals surface area contributed by atoms with E-state index in [9.17, 15) is 13.2 Å². The second-order valence-electron chi connectivity index (χ2n) is 4.74. The maximum atomic E-state index is 12.4. The zero-order valence-corrected chi connectivity index (χ0v) is 14.3. The van der Waals surface area contributed by atoms with Crippen molar-refractivity contribution in [2.24, 2.45) is 0 Å². The quantitative estimate of drug-likeness (QED) is 0.653. The van der Waals surface area contributed by atoms with E-state index in [1.807, 2.05) is 0 Å². The fourth-order valence-electron chi connectivity index (χ4n) is 2.07. The summed E-state index contributed by atoms with van der Waals surface area (Å²) in [5.41, 5.74) is 0.669. The van der Waals surface area contributed by atoms with E-state index < -0.39 is 21.1 Å². The topological polar surface area (TPSA) is 79.9 Å². The van der Waals surface area contributed by atoms with Gasteiger partial charge in [0.05, 0.1) is 15.9 Å². The van der Waals surface area contributed by atoms with Crippen LogP contribution in [-0.2, 0) is 15.6 Å². The van der Waals surface area contributed by atoms with Crippen molar-refractivity contribution in [1.29, 1.82) is 0 Å². The molecule has 1 N–H and O–H groups in total. The molecule has 0 bridgehead atoms.